The summed E-state index contributed by atoms with van der Waals surface area (Å²) in [5.74, 6) is 2.67. The summed E-state index contributed by atoms with van der Waals surface area (Å²) in [6.45, 7) is 10.0. The van der Waals surface area contributed by atoms with Gasteiger partial charge in [-0.3, -0.25) is 14.7 Å². The summed E-state index contributed by atoms with van der Waals surface area (Å²) in [6, 6.07) is 0.435. The second kappa shape index (κ2) is 9.21. The Kier molecular flexibility index (Phi) is 6.71. The lowest BCUT2D eigenvalue weighted by Gasteiger charge is -2.36. The van der Waals surface area contributed by atoms with Crippen LogP contribution in [-0.4, -0.2) is 77.0 Å². The van der Waals surface area contributed by atoms with Crippen LogP contribution in [0, 0.1) is 5.92 Å². The lowest BCUT2D eigenvalue weighted by Crippen LogP contribution is -2.54. The molecule has 150 valence electrons. The van der Waals surface area contributed by atoms with Crippen molar-refractivity contribution in [3.63, 3.8) is 0 Å². The van der Waals surface area contributed by atoms with Crippen molar-refractivity contribution in [3.8, 4) is 0 Å². The predicted molar refractivity (Wildman–Crippen MR) is 106 cm³/mol. The fourth-order valence-electron chi connectivity index (χ4n) is 3.38. The van der Waals surface area contributed by atoms with Crippen molar-refractivity contribution in [1.29, 1.82) is 0 Å². The van der Waals surface area contributed by atoms with E-state index in [1.807, 2.05) is 19.4 Å². The van der Waals surface area contributed by atoms with E-state index in [2.05, 4.69) is 48.8 Å². The van der Waals surface area contributed by atoms with Crippen LogP contribution >= 0.6 is 0 Å². The number of aromatic nitrogens is 2. The number of aliphatic imine (C=N–C) groups is 1. The Balaban J connectivity index is 1.43. The Morgan fingerprint density at radius 2 is 2.04 bits per heavy atom. The molecule has 0 bridgehead atoms. The summed E-state index contributed by atoms with van der Waals surface area (Å²) in [6.07, 6.45) is 6.16. The normalized spacial score (nSPS) is 18.8. The minimum absolute atomic E-state index is 0.158. The number of nitrogens with zero attached hydrogens (tertiary/aromatic N) is 5. The van der Waals surface area contributed by atoms with Crippen molar-refractivity contribution in [2.75, 3.05) is 39.8 Å². The second-order valence-electron chi connectivity index (χ2n) is 7.90. The first kappa shape index (κ1) is 19.7. The third-order valence-corrected chi connectivity index (χ3v) is 4.96. The molecule has 0 unspecified atom stereocenters. The Bertz CT molecular complexity index is 642. The molecule has 1 amide bonds. The van der Waals surface area contributed by atoms with Crippen LogP contribution in [0.2, 0.25) is 0 Å². The molecule has 2 N–H and O–H groups in total. The van der Waals surface area contributed by atoms with Gasteiger partial charge in [-0.2, -0.15) is 0 Å². The molecule has 1 aliphatic heterocycles. The van der Waals surface area contributed by atoms with Crippen LogP contribution in [0.15, 0.2) is 17.4 Å². The molecule has 3 rings (SSSR count). The molecule has 1 aliphatic carbocycles. The zero-order valence-corrected chi connectivity index (χ0v) is 16.8. The fraction of sp³-hybridized carbons (Fsp3) is 0.737. The number of hydrogen-bond acceptors (Lipinski definition) is 4. The molecule has 8 heteroatoms. The molecule has 2 heterocycles. The first-order valence-electron chi connectivity index (χ1n) is 10.0. The Morgan fingerprint density at radius 1 is 1.30 bits per heavy atom. The first-order chi connectivity index (χ1) is 13.0. The molecular weight excluding hydrogens is 342 g/mol. The molecule has 0 atom stereocenters. The van der Waals surface area contributed by atoms with Gasteiger partial charge in [-0.1, -0.05) is 13.8 Å². The SMILES string of the molecule is CN=C(NCc1nccn1CC(C)C)N1CCN(CC(=O)NC2CC2)CC1. The van der Waals surface area contributed by atoms with Crippen LogP contribution in [0.5, 0.6) is 0 Å². The van der Waals surface area contributed by atoms with Gasteiger partial charge < -0.3 is 20.1 Å². The number of hydrogen-bond donors (Lipinski definition) is 2. The monoisotopic (exact) mass is 375 g/mol. The van der Waals surface area contributed by atoms with Crippen LogP contribution < -0.4 is 10.6 Å². The fourth-order valence-corrected chi connectivity index (χ4v) is 3.38. The van der Waals surface area contributed by atoms with Gasteiger partial charge in [0, 0.05) is 58.2 Å². The highest BCUT2D eigenvalue weighted by Gasteiger charge is 2.26. The summed E-state index contributed by atoms with van der Waals surface area (Å²) >= 11 is 0. The number of nitrogens with one attached hydrogen (secondary N) is 2. The molecule has 1 saturated carbocycles. The number of carbonyl (C=O) groups is 1. The average molecular weight is 376 g/mol. The number of imidazole rings is 1. The van der Waals surface area contributed by atoms with E-state index in [0.29, 0.717) is 25.0 Å². The van der Waals surface area contributed by atoms with Crippen molar-refractivity contribution < 1.29 is 4.79 Å². The third kappa shape index (κ3) is 5.95. The van der Waals surface area contributed by atoms with E-state index in [-0.39, 0.29) is 5.91 Å². The molecule has 2 aliphatic rings. The van der Waals surface area contributed by atoms with Gasteiger partial charge in [-0.05, 0) is 18.8 Å². The van der Waals surface area contributed by atoms with Gasteiger partial charge in [0.15, 0.2) is 5.96 Å². The molecule has 0 radical (unpaired) electrons. The molecule has 1 saturated heterocycles. The maximum absolute atomic E-state index is 12.0. The largest absolute Gasteiger partial charge is 0.352 e. The van der Waals surface area contributed by atoms with Crippen molar-refractivity contribution in [2.45, 2.75) is 45.8 Å². The van der Waals surface area contributed by atoms with Crippen molar-refractivity contribution in [2.24, 2.45) is 10.9 Å². The highest BCUT2D eigenvalue weighted by atomic mass is 16.2. The van der Waals surface area contributed by atoms with Gasteiger partial charge >= 0.3 is 0 Å². The molecule has 0 spiro atoms. The molecule has 0 aromatic carbocycles. The maximum Gasteiger partial charge on any atom is 0.234 e. The van der Waals surface area contributed by atoms with Crippen molar-refractivity contribution in [1.82, 2.24) is 30.0 Å². The van der Waals surface area contributed by atoms with Crippen LogP contribution in [0.3, 0.4) is 0 Å². The Hall–Kier alpha value is -2.09. The van der Waals surface area contributed by atoms with E-state index < -0.39 is 0 Å². The van der Waals surface area contributed by atoms with E-state index in [1.54, 1.807) is 0 Å². The van der Waals surface area contributed by atoms with Gasteiger partial charge in [-0.15, -0.1) is 0 Å². The summed E-state index contributed by atoms with van der Waals surface area (Å²) < 4.78 is 2.20. The highest BCUT2D eigenvalue weighted by molar-refractivity contribution is 5.80. The van der Waals surface area contributed by atoms with Crippen molar-refractivity contribution >= 4 is 11.9 Å². The molecule has 2 fully saturated rings. The van der Waals surface area contributed by atoms with Gasteiger partial charge in [0.1, 0.15) is 5.82 Å². The van der Waals surface area contributed by atoms with E-state index in [4.69, 9.17) is 0 Å². The average Bonchev–Trinajstić information content (AvgIpc) is 3.34. The number of amides is 1. The number of rotatable bonds is 7. The Labute approximate surface area is 162 Å². The van der Waals surface area contributed by atoms with Crippen molar-refractivity contribution in [3.05, 3.63) is 18.2 Å². The second-order valence-corrected chi connectivity index (χ2v) is 7.90. The van der Waals surface area contributed by atoms with Gasteiger partial charge in [0.2, 0.25) is 5.91 Å². The zero-order valence-electron chi connectivity index (χ0n) is 16.8. The first-order valence-corrected chi connectivity index (χ1v) is 10.0. The summed E-state index contributed by atoms with van der Waals surface area (Å²) in [5.41, 5.74) is 0. The minimum atomic E-state index is 0.158. The number of guanidine groups is 1. The predicted octanol–water partition coefficient (Wildman–Crippen LogP) is 0.511. The Morgan fingerprint density at radius 3 is 2.67 bits per heavy atom. The van der Waals surface area contributed by atoms with Gasteiger partial charge in [-0.25, -0.2) is 4.98 Å². The van der Waals surface area contributed by atoms with E-state index >= 15 is 0 Å². The van der Waals surface area contributed by atoms with Gasteiger partial charge in [0.25, 0.3) is 0 Å². The molecule has 1 aromatic heterocycles. The van der Waals surface area contributed by atoms with Crippen LogP contribution in [0.4, 0.5) is 0 Å². The lowest BCUT2D eigenvalue weighted by atomic mass is 10.2. The summed E-state index contributed by atoms with van der Waals surface area (Å²) in [4.78, 5) is 25.3. The zero-order chi connectivity index (χ0) is 19.2. The number of piperazine rings is 1. The van der Waals surface area contributed by atoms with Crippen LogP contribution in [0.25, 0.3) is 0 Å². The van der Waals surface area contributed by atoms with E-state index in [1.165, 1.54) is 0 Å². The third-order valence-electron chi connectivity index (χ3n) is 4.96. The standard InChI is InChI=1S/C19H33N7O/c1-15(2)13-26-7-6-21-17(26)12-22-19(20-3)25-10-8-24(9-11-25)14-18(27)23-16-4-5-16/h6-7,15-16H,4-5,8-14H2,1-3H3,(H,20,22)(H,23,27). The highest BCUT2D eigenvalue weighted by Crippen LogP contribution is 2.18. The quantitative estimate of drug-likeness (QED) is 0.536. The van der Waals surface area contributed by atoms with E-state index in [9.17, 15) is 4.79 Å². The minimum Gasteiger partial charge on any atom is -0.352 e. The van der Waals surface area contributed by atoms with Crippen LogP contribution in [0.1, 0.15) is 32.5 Å². The van der Waals surface area contributed by atoms with Crippen LogP contribution in [-0.2, 0) is 17.9 Å². The smallest absolute Gasteiger partial charge is 0.234 e. The maximum atomic E-state index is 12.0. The van der Waals surface area contributed by atoms with E-state index in [0.717, 1.165) is 57.3 Å². The molecule has 8 nitrogen and oxygen atoms in total. The number of carbonyl (C=O) groups excluding carboxylic acids is 1. The lowest BCUT2D eigenvalue weighted by molar-refractivity contribution is -0.122. The van der Waals surface area contributed by atoms with Gasteiger partial charge in [0.05, 0.1) is 13.1 Å². The summed E-state index contributed by atoms with van der Waals surface area (Å²) in [5, 5.41) is 6.50. The molecular formula is C19H33N7O. The topological polar surface area (TPSA) is 77.8 Å². The molecule has 1 aromatic rings. The molecule has 27 heavy (non-hydrogen) atoms. The summed E-state index contributed by atoms with van der Waals surface area (Å²) in [7, 11) is 1.82.